The van der Waals surface area contributed by atoms with E-state index in [9.17, 15) is 9.59 Å². The monoisotopic (exact) mass is 368 g/mol. The van der Waals surface area contributed by atoms with Gasteiger partial charge in [0.15, 0.2) is 16.8 Å². The van der Waals surface area contributed by atoms with E-state index in [1.165, 1.54) is 27.2 Å². The van der Waals surface area contributed by atoms with Crippen molar-refractivity contribution in [3.63, 3.8) is 0 Å². The lowest BCUT2D eigenvalue weighted by atomic mass is 10.1. The van der Waals surface area contributed by atoms with Gasteiger partial charge in [-0.2, -0.15) is 0 Å². The molecule has 0 fully saturated rings. The van der Waals surface area contributed by atoms with Gasteiger partial charge in [0.25, 0.3) is 0 Å². The third kappa shape index (κ3) is 4.11. The molecule has 3 aromatic rings. The third-order valence-electron chi connectivity index (χ3n) is 4.14. The van der Waals surface area contributed by atoms with Crippen LogP contribution >= 0.6 is 0 Å². The average Bonchev–Trinajstić information content (AvgIpc) is 2.66. The molecule has 6 heteroatoms. The summed E-state index contributed by atoms with van der Waals surface area (Å²) in [6.07, 6.45) is 1.21. The number of carbonyl (C=O) groups excluding carboxylic acids is 1. The van der Waals surface area contributed by atoms with Crippen LogP contribution in [-0.4, -0.2) is 20.2 Å². The number of rotatable bonds is 6. The van der Waals surface area contributed by atoms with Crippen molar-refractivity contribution in [3.05, 3.63) is 64.0 Å². The van der Waals surface area contributed by atoms with E-state index in [2.05, 4.69) is 0 Å². The van der Waals surface area contributed by atoms with Gasteiger partial charge in [-0.15, -0.1) is 0 Å². The van der Waals surface area contributed by atoms with Crippen LogP contribution in [0.4, 0.5) is 0 Å². The van der Waals surface area contributed by atoms with Gasteiger partial charge in [0.2, 0.25) is 0 Å². The number of aryl methyl sites for hydroxylation is 2. The molecule has 0 aliphatic rings. The number of fused-ring (bicyclic) bond motifs is 1. The molecular formula is C21H20O6. The highest BCUT2D eigenvalue weighted by molar-refractivity contribution is 5.88. The van der Waals surface area contributed by atoms with Gasteiger partial charge >= 0.3 is 5.97 Å². The highest BCUT2D eigenvalue weighted by atomic mass is 16.5. The van der Waals surface area contributed by atoms with Crippen molar-refractivity contribution in [2.45, 2.75) is 19.8 Å². The highest BCUT2D eigenvalue weighted by Crippen LogP contribution is 2.31. The second-order valence-corrected chi connectivity index (χ2v) is 5.99. The van der Waals surface area contributed by atoms with E-state index in [-0.39, 0.29) is 11.4 Å². The van der Waals surface area contributed by atoms with E-state index >= 15 is 0 Å². The maximum atomic E-state index is 12.6. The molecule has 0 saturated carbocycles. The van der Waals surface area contributed by atoms with Crippen LogP contribution in [0.2, 0.25) is 0 Å². The Bertz CT molecular complexity index is 1020. The minimum atomic E-state index is -0.356. The molecule has 6 nitrogen and oxygen atoms in total. The topological polar surface area (TPSA) is 75.0 Å². The predicted octanol–water partition coefficient (Wildman–Crippen LogP) is 3.52. The molecule has 0 spiro atoms. The molecule has 2 aromatic carbocycles. The van der Waals surface area contributed by atoms with Crippen LogP contribution in [0, 0.1) is 0 Å². The predicted molar refractivity (Wildman–Crippen MR) is 101 cm³/mol. The number of ether oxygens (including phenoxy) is 3. The van der Waals surface area contributed by atoms with Gasteiger partial charge in [-0.3, -0.25) is 9.59 Å². The minimum absolute atomic E-state index is 0.174. The fraction of sp³-hybridized carbons (Fsp3) is 0.238. The molecular weight excluding hydrogens is 348 g/mol. The van der Waals surface area contributed by atoms with E-state index in [0.29, 0.717) is 46.8 Å². The zero-order valence-electron chi connectivity index (χ0n) is 15.4. The first-order chi connectivity index (χ1) is 13.0. The molecule has 1 heterocycles. The molecule has 140 valence electrons. The smallest absolute Gasteiger partial charge is 0.308 e. The van der Waals surface area contributed by atoms with Crippen LogP contribution in [-0.2, 0) is 17.6 Å². The summed E-state index contributed by atoms with van der Waals surface area (Å²) in [5, 5.41) is 0.367. The molecule has 0 radical (unpaired) electrons. The molecule has 3 rings (SSSR count). The number of hydrogen-bond donors (Lipinski definition) is 0. The molecule has 0 aliphatic carbocycles. The first-order valence-electron chi connectivity index (χ1n) is 8.47. The van der Waals surface area contributed by atoms with Crippen LogP contribution in [0.1, 0.15) is 18.2 Å². The average molecular weight is 368 g/mol. The van der Waals surface area contributed by atoms with Gasteiger partial charge in [-0.25, -0.2) is 0 Å². The first-order valence-corrected chi connectivity index (χ1v) is 8.47. The molecule has 0 saturated heterocycles. The number of methoxy groups -OCH3 is 2. The van der Waals surface area contributed by atoms with Gasteiger partial charge < -0.3 is 18.6 Å². The first kappa shape index (κ1) is 18.5. The van der Waals surface area contributed by atoms with Crippen LogP contribution in [0.3, 0.4) is 0 Å². The largest absolute Gasteiger partial charge is 0.496 e. The Balaban J connectivity index is 1.85. The third-order valence-corrected chi connectivity index (χ3v) is 4.14. The molecule has 0 aliphatic heterocycles. The van der Waals surface area contributed by atoms with Crippen LogP contribution in [0.5, 0.6) is 17.2 Å². The van der Waals surface area contributed by atoms with Crippen LogP contribution in [0.25, 0.3) is 11.0 Å². The van der Waals surface area contributed by atoms with Gasteiger partial charge in [0.1, 0.15) is 22.6 Å². The molecule has 0 amide bonds. The van der Waals surface area contributed by atoms with Gasteiger partial charge in [-0.1, -0.05) is 12.1 Å². The zero-order valence-corrected chi connectivity index (χ0v) is 15.4. The van der Waals surface area contributed by atoms with Crippen molar-refractivity contribution in [1.29, 1.82) is 0 Å². The fourth-order valence-electron chi connectivity index (χ4n) is 2.87. The Hall–Kier alpha value is -3.28. The highest BCUT2D eigenvalue weighted by Gasteiger charge is 2.14. The lowest BCUT2D eigenvalue weighted by Gasteiger charge is -2.10. The Morgan fingerprint density at radius 3 is 2.26 bits per heavy atom. The van der Waals surface area contributed by atoms with Gasteiger partial charge in [0, 0.05) is 19.4 Å². The fourth-order valence-corrected chi connectivity index (χ4v) is 2.87. The molecule has 27 heavy (non-hydrogen) atoms. The van der Waals surface area contributed by atoms with Crippen LogP contribution in [0.15, 0.2) is 51.7 Å². The molecule has 0 N–H and O–H groups in total. The van der Waals surface area contributed by atoms with Gasteiger partial charge in [-0.05, 0) is 36.2 Å². The minimum Gasteiger partial charge on any atom is -0.496 e. The molecule has 0 atom stereocenters. The van der Waals surface area contributed by atoms with Gasteiger partial charge in [0.05, 0.1) is 14.2 Å². The number of benzene rings is 2. The van der Waals surface area contributed by atoms with Crippen molar-refractivity contribution in [3.8, 4) is 17.2 Å². The van der Waals surface area contributed by atoms with E-state index in [1.807, 2.05) is 12.1 Å². The van der Waals surface area contributed by atoms with E-state index in [4.69, 9.17) is 18.6 Å². The Morgan fingerprint density at radius 1 is 0.963 bits per heavy atom. The lowest BCUT2D eigenvalue weighted by molar-refractivity contribution is -0.131. The van der Waals surface area contributed by atoms with E-state index < -0.39 is 0 Å². The summed E-state index contributed by atoms with van der Waals surface area (Å²) in [5.74, 6) is 1.64. The van der Waals surface area contributed by atoms with E-state index in [0.717, 1.165) is 5.56 Å². The number of hydrogen-bond acceptors (Lipinski definition) is 6. The molecule has 0 bridgehead atoms. The normalized spacial score (nSPS) is 10.6. The summed E-state index contributed by atoms with van der Waals surface area (Å²) in [6, 6.07) is 12.1. The summed E-state index contributed by atoms with van der Waals surface area (Å²) in [6.45, 7) is 1.36. The van der Waals surface area contributed by atoms with Crippen molar-refractivity contribution in [2.75, 3.05) is 14.2 Å². The van der Waals surface area contributed by atoms with Crippen molar-refractivity contribution in [2.24, 2.45) is 0 Å². The molecule has 1 aromatic heterocycles. The van der Waals surface area contributed by atoms with Crippen molar-refractivity contribution >= 4 is 16.9 Å². The van der Waals surface area contributed by atoms with Crippen molar-refractivity contribution < 1.29 is 23.4 Å². The summed E-state index contributed by atoms with van der Waals surface area (Å²) in [5.41, 5.74) is 1.24. The van der Waals surface area contributed by atoms with Crippen LogP contribution < -0.4 is 19.6 Å². The second kappa shape index (κ2) is 7.95. The molecule has 0 unspecified atom stereocenters. The number of esters is 1. The maximum absolute atomic E-state index is 12.6. The standard InChI is InChI=1S/C21H20O6/c1-13(22)26-15-7-4-14(5-8-15)6-9-16-12-17(23)20-18(24-2)10-11-19(25-3)21(20)27-16/h4-5,7-8,10-12H,6,9H2,1-3H3. The summed E-state index contributed by atoms with van der Waals surface area (Å²) >= 11 is 0. The van der Waals surface area contributed by atoms with E-state index in [1.54, 1.807) is 24.3 Å². The Labute approximate surface area is 156 Å². The summed E-state index contributed by atoms with van der Waals surface area (Å²) in [7, 11) is 3.03. The maximum Gasteiger partial charge on any atom is 0.308 e. The Morgan fingerprint density at radius 2 is 1.63 bits per heavy atom. The van der Waals surface area contributed by atoms with Crippen molar-refractivity contribution in [1.82, 2.24) is 0 Å². The number of carbonyl (C=O) groups is 1. The Kier molecular flexibility index (Phi) is 5.45. The summed E-state index contributed by atoms with van der Waals surface area (Å²) < 4.78 is 21.5. The zero-order chi connectivity index (χ0) is 19.4. The SMILES string of the molecule is COc1ccc(OC)c2c(=O)cc(CCc3ccc(OC(C)=O)cc3)oc12. The quantitative estimate of drug-likeness (QED) is 0.489. The summed E-state index contributed by atoms with van der Waals surface area (Å²) in [4.78, 5) is 23.5. The lowest BCUT2D eigenvalue weighted by Crippen LogP contribution is -2.06. The second-order valence-electron chi connectivity index (χ2n) is 5.99.